The van der Waals surface area contributed by atoms with Gasteiger partial charge < -0.3 is 19.7 Å². The third-order valence-electron chi connectivity index (χ3n) is 9.39. The van der Waals surface area contributed by atoms with Crippen LogP contribution in [0, 0.1) is 39.9 Å². The van der Waals surface area contributed by atoms with Crippen LogP contribution in [-0.4, -0.2) is 46.1 Å². The maximum atomic E-state index is 14.0. The van der Waals surface area contributed by atoms with Crippen molar-refractivity contribution in [1.82, 2.24) is 0 Å². The molecule has 2 aliphatic heterocycles. The van der Waals surface area contributed by atoms with Crippen molar-refractivity contribution in [2.24, 2.45) is 39.9 Å². The minimum Gasteiger partial charge on any atom is -0.387 e. The first kappa shape index (κ1) is 21.5. The topological polar surface area (TPSA) is 93.1 Å². The van der Waals surface area contributed by atoms with Gasteiger partial charge in [-0.15, -0.1) is 0 Å². The van der Waals surface area contributed by atoms with E-state index in [0.29, 0.717) is 24.0 Å². The van der Waals surface area contributed by atoms with Crippen molar-refractivity contribution in [1.29, 1.82) is 0 Å². The summed E-state index contributed by atoms with van der Waals surface area (Å²) in [7, 11) is 0. The Morgan fingerprint density at radius 2 is 1.81 bits per heavy atom. The third kappa shape index (κ3) is 2.09. The number of carbonyl (C=O) groups is 2. The Bertz CT molecular complexity index is 927. The van der Waals surface area contributed by atoms with Gasteiger partial charge in [0, 0.05) is 5.92 Å². The Balaban J connectivity index is 1.86. The average molecular weight is 431 g/mol. The second-order valence-electron chi connectivity index (χ2n) is 11.8. The second kappa shape index (κ2) is 5.77. The van der Waals surface area contributed by atoms with E-state index in [1.54, 1.807) is 0 Å². The summed E-state index contributed by atoms with van der Waals surface area (Å²) in [6.45, 7) is 17.3. The molecule has 8 atom stereocenters. The quantitative estimate of drug-likeness (QED) is 0.517. The van der Waals surface area contributed by atoms with Crippen LogP contribution in [0.2, 0.25) is 0 Å². The summed E-state index contributed by atoms with van der Waals surface area (Å²) >= 11 is 0. The van der Waals surface area contributed by atoms with Crippen molar-refractivity contribution >= 4 is 11.6 Å². The molecule has 0 amide bonds. The van der Waals surface area contributed by atoms with E-state index in [1.807, 2.05) is 20.8 Å². The van der Waals surface area contributed by atoms with Crippen LogP contribution in [0.25, 0.3) is 0 Å². The van der Waals surface area contributed by atoms with Gasteiger partial charge in [0.05, 0.1) is 17.4 Å². The lowest BCUT2D eigenvalue weighted by molar-refractivity contribution is -0.476. The van der Waals surface area contributed by atoms with Gasteiger partial charge in [-0.1, -0.05) is 33.9 Å². The monoisotopic (exact) mass is 430 g/mol. The first-order chi connectivity index (χ1) is 14.2. The minimum atomic E-state index is -1.74. The molecule has 170 valence electrons. The molecule has 0 aromatic rings. The fourth-order valence-corrected chi connectivity index (χ4v) is 8.80. The molecule has 2 unspecified atom stereocenters. The summed E-state index contributed by atoms with van der Waals surface area (Å²) in [4.78, 5) is 27.9. The SMILES string of the molecule is C=C1CC(C)(C)[C@H]2[C@H](O)[C@@]3(OC(C)(C)O)OC[C@]2(C1=O)C1CC[C@H]2C(=C)C(=O)[C@]13C2C. The first-order valence-corrected chi connectivity index (χ1v) is 11.4. The molecule has 2 N–H and O–H groups in total. The number of ether oxygens (including phenoxy) is 2. The van der Waals surface area contributed by atoms with Gasteiger partial charge in [0.1, 0.15) is 6.10 Å². The second-order valence-corrected chi connectivity index (χ2v) is 11.8. The van der Waals surface area contributed by atoms with Gasteiger partial charge in [0.2, 0.25) is 5.79 Å². The third-order valence-corrected chi connectivity index (χ3v) is 9.39. The largest absolute Gasteiger partial charge is 0.387 e. The van der Waals surface area contributed by atoms with Gasteiger partial charge in [-0.25, -0.2) is 0 Å². The first-order valence-electron chi connectivity index (χ1n) is 11.4. The van der Waals surface area contributed by atoms with Crippen LogP contribution < -0.4 is 0 Å². The molecular weight excluding hydrogens is 396 g/mol. The fourth-order valence-electron chi connectivity index (χ4n) is 8.80. The molecule has 6 heteroatoms. The van der Waals surface area contributed by atoms with Crippen LogP contribution >= 0.6 is 0 Å². The molecule has 0 aromatic heterocycles. The molecule has 4 aliphatic carbocycles. The number of fused-ring (bicyclic) bond motifs is 2. The van der Waals surface area contributed by atoms with Crippen molar-refractivity contribution in [3.63, 3.8) is 0 Å². The van der Waals surface area contributed by atoms with Crippen LogP contribution in [0.4, 0.5) is 0 Å². The highest BCUT2D eigenvalue weighted by atomic mass is 16.8. The van der Waals surface area contributed by atoms with Gasteiger partial charge >= 0.3 is 0 Å². The molecule has 2 spiro atoms. The minimum absolute atomic E-state index is 0.0501. The van der Waals surface area contributed by atoms with Crippen molar-refractivity contribution in [3.8, 4) is 0 Å². The molecule has 4 saturated carbocycles. The standard InChI is InChI=1S/C25H34O6/c1-12-10-21(4,5)17-20(28)25(31-22(6,7)29)24-14(3)15(13(2)19(24)27)8-9-16(24)23(17,11-30-25)18(12)26/h14-17,20,28-29H,1-2,8-11H2,3-7H3/t14?,15-,16?,17+,20-,23-,24-,25-/m0/s1. The summed E-state index contributed by atoms with van der Waals surface area (Å²) < 4.78 is 12.6. The van der Waals surface area contributed by atoms with Crippen molar-refractivity contribution in [2.75, 3.05) is 6.61 Å². The smallest absolute Gasteiger partial charge is 0.211 e. The molecule has 0 radical (unpaired) electrons. The predicted molar refractivity (Wildman–Crippen MR) is 112 cm³/mol. The zero-order valence-corrected chi connectivity index (χ0v) is 19.2. The average Bonchev–Trinajstić information content (AvgIpc) is 2.74. The maximum absolute atomic E-state index is 14.0. The number of aliphatic hydroxyl groups excluding tert-OH is 1. The van der Waals surface area contributed by atoms with Gasteiger partial charge in [0.25, 0.3) is 0 Å². The van der Waals surface area contributed by atoms with Gasteiger partial charge in [0.15, 0.2) is 17.4 Å². The number of hydrogen-bond acceptors (Lipinski definition) is 6. The van der Waals surface area contributed by atoms with Gasteiger partial charge in [-0.2, -0.15) is 0 Å². The molecule has 31 heavy (non-hydrogen) atoms. The van der Waals surface area contributed by atoms with Crippen LogP contribution in [-0.2, 0) is 19.1 Å². The lowest BCUT2D eigenvalue weighted by Crippen LogP contribution is -2.85. The summed E-state index contributed by atoms with van der Waals surface area (Å²) in [5.41, 5.74) is -1.72. The normalized spacial score (nSPS) is 50.5. The van der Waals surface area contributed by atoms with Gasteiger partial charge in [-0.3, -0.25) is 9.59 Å². The highest BCUT2D eigenvalue weighted by Gasteiger charge is 2.87. The van der Waals surface area contributed by atoms with E-state index < -0.39 is 39.8 Å². The number of rotatable bonds is 2. The van der Waals surface area contributed by atoms with E-state index in [4.69, 9.17) is 9.47 Å². The number of allylic oxidation sites excluding steroid dienone is 2. The van der Waals surface area contributed by atoms with E-state index in [2.05, 4.69) is 13.2 Å². The lowest BCUT2D eigenvalue weighted by Gasteiger charge is -2.74. The van der Waals surface area contributed by atoms with E-state index >= 15 is 0 Å². The number of ketones is 2. The zero-order valence-electron chi connectivity index (χ0n) is 19.2. The highest BCUT2D eigenvalue weighted by molar-refractivity contribution is 6.07. The molecule has 4 bridgehead atoms. The summed E-state index contributed by atoms with van der Waals surface area (Å²) in [5.74, 6) is -4.79. The Labute approximate surface area is 183 Å². The fraction of sp³-hybridized carbons (Fsp3) is 0.760. The van der Waals surface area contributed by atoms with Crippen molar-refractivity contribution in [3.05, 3.63) is 24.3 Å². The highest BCUT2D eigenvalue weighted by Crippen LogP contribution is 2.78. The molecule has 6 aliphatic rings. The van der Waals surface area contributed by atoms with E-state index in [-0.39, 0.29) is 35.9 Å². The van der Waals surface area contributed by atoms with E-state index in [9.17, 15) is 19.8 Å². The molecular formula is C25H34O6. The van der Waals surface area contributed by atoms with Crippen LogP contribution in [0.1, 0.15) is 53.9 Å². The maximum Gasteiger partial charge on any atom is 0.211 e. The molecule has 2 saturated heterocycles. The summed E-state index contributed by atoms with van der Waals surface area (Å²) in [6.07, 6.45) is 0.624. The number of Topliss-reactive ketones (excluding diaryl/α,β-unsaturated/α-hetero) is 2. The molecule has 6 fully saturated rings. The summed E-state index contributed by atoms with van der Waals surface area (Å²) in [5, 5.41) is 22.7. The van der Waals surface area contributed by atoms with E-state index in [1.165, 1.54) is 13.8 Å². The Hall–Kier alpha value is -1.34. The molecule has 0 aromatic carbocycles. The van der Waals surface area contributed by atoms with Crippen molar-refractivity contribution < 1.29 is 29.3 Å². The lowest BCUT2D eigenvalue weighted by atomic mass is 9.34. The Morgan fingerprint density at radius 3 is 2.42 bits per heavy atom. The Morgan fingerprint density at radius 1 is 1.16 bits per heavy atom. The molecule has 6 nitrogen and oxygen atoms in total. The number of hydrogen-bond donors (Lipinski definition) is 2. The molecule has 2 heterocycles. The zero-order chi connectivity index (χ0) is 22.9. The Kier molecular flexibility index (Phi) is 4.00. The van der Waals surface area contributed by atoms with Crippen LogP contribution in [0.15, 0.2) is 24.3 Å². The van der Waals surface area contributed by atoms with Gasteiger partial charge in [-0.05, 0) is 67.4 Å². The molecule has 6 rings (SSSR count). The van der Waals surface area contributed by atoms with Crippen LogP contribution in [0.3, 0.4) is 0 Å². The summed E-state index contributed by atoms with van der Waals surface area (Å²) in [6, 6.07) is 0. The van der Waals surface area contributed by atoms with Crippen molar-refractivity contribution in [2.45, 2.75) is 71.6 Å². The van der Waals surface area contributed by atoms with E-state index in [0.717, 1.165) is 6.42 Å². The number of aliphatic hydroxyl groups is 2. The predicted octanol–water partition coefficient (Wildman–Crippen LogP) is 2.78. The van der Waals surface area contributed by atoms with Crippen LogP contribution in [0.5, 0.6) is 0 Å². The number of carbonyl (C=O) groups excluding carboxylic acids is 2.